The Kier molecular flexibility index (Phi) is 3.77. The molecule has 0 aliphatic carbocycles. The number of alkyl carbamates (subject to hydrolysis) is 1. The Labute approximate surface area is 133 Å². The first-order valence-corrected chi connectivity index (χ1v) is 7.28. The second-order valence-electron chi connectivity index (χ2n) is 6.13. The van der Waals surface area contributed by atoms with Gasteiger partial charge in [0.05, 0.1) is 6.54 Å². The number of rotatable bonds is 3. The minimum absolute atomic E-state index is 0.113. The fourth-order valence-corrected chi connectivity index (χ4v) is 2.08. The van der Waals surface area contributed by atoms with Crippen molar-refractivity contribution in [3.05, 3.63) is 36.2 Å². The summed E-state index contributed by atoms with van der Waals surface area (Å²) in [5.41, 5.74) is 1.19. The van der Waals surface area contributed by atoms with Crippen molar-refractivity contribution in [2.75, 3.05) is 0 Å². The van der Waals surface area contributed by atoms with Gasteiger partial charge in [-0.15, -0.1) is 10.2 Å². The molecule has 3 aromatic rings. The number of nitrogens with zero attached hydrogens (tertiary/aromatic N) is 2. The van der Waals surface area contributed by atoms with Crippen molar-refractivity contribution in [3.63, 3.8) is 0 Å². The first-order chi connectivity index (χ1) is 10.9. The Morgan fingerprint density at radius 2 is 2.09 bits per heavy atom. The highest BCUT2D eigenvalue weighted by Gasteiger charge is 2.17. The molecule has 1 amide bonds. The quantitative estimate of drug-likeness (QED) is 0.774. The van der Waals surface area contributed by atoms with E-state index >= 15 is 0 Å². The normalized spacial score (nSPS) is 11.6. The Hall–Kier alpha value is -2.83. The molecule has 0 bridgehead atoms. The predicted molar refractivity (Wildman–Crippen MR) is 84.7 cm³/mol. The summed E-state index contributed by atoms with van der Waals surface area (Å²) in [4.78, 5) is 14.8. The molecule has 3 rings (SSSR count). The van der Waals surface area contributed by atoms with E-state index in [1.807, 2.05) is 30.3 Å². The summed E-state index contributed by atoms with van der Waals surface area (Å²) in [6.45, 7) is 5.51. The SMILES string of the molecule is CC(C)(C)OC(=O)NCc1nnc(-c2cc3ccccc3[nH]2)o1. The lowest BCUT2D eigenvalue weighted by Gasteiger charge is -2.19. The molecule has 2 aromatic heterocycles. The molecule has 23 heavy (non-hydrogen) atoms. The summed E-state index contributed by atoms with van der Waals surface area (Å²) < 4.78 is 10.7. The second-order valence-corrected chi connectivity index (χ2v) is 6.13. The van der Waals surface area contributed by atoms with Crippen LogP contribution in [0.4, 0.5) is 4.79 Å². The molecule has 0 aliphatic rings. The van der Waals surface area contributed by atoms with E-state index < -0.39 is 11.7 Å². The number of ether oxygens (including phenoxy) is 1. The number of hydrogen-bond acceptors (Lipinski definition) is 5. The number of amides is 1. The van der Waals surface area contributed by atoms with E-state index in [1.54, 1.807) is 20.8 Å². The van der Waals surface area contributed by atoms with Gasteiger partial charge in [0.1, 0.15) is 11.3 Å². The smallest absolute Gasteiger partial charge is 0.408 e. The van der Waals surface area contributed by atoms with Crippen LogP contribution in [0.25, 0.3) is 22.5 Å². The maximum atomic E-state index is 11.6. The van der Waals surface area contributed by atoms with Crippen molar-refractivity contribution in [1.82, 2.24) is 20.5 Å². The third kappa shape index (κ3) is 3.68. The van der Waals surface area contributed by atoms with Crippen LogP contribution >= 0.6 is 0 Å². The number of nitrogens with one attached hydrogen (secondary N) is 2. The molecule has 0 atom stereocenters. The highest BCUT2D eigenvalue weighted by atomic mass is 16.6. The number of benzene rings is 1. The van der Waals surface area contributed by atoms with Crippen LogP contribution in [0.1, 0.15) is 26.7 Å². The van der Waals surface area contributed by atoms with Gasteiger partial charge >= 0.3 is 6.09 Å². The van der Waals surface area contributed by atoms with E-state index in [4.69, 9.17) is 9.15 Å². The van der Waals surface area contributed by atoms with Crippen LogP contribution in [0.2, 0.25) is 0 Å². The average Bonchev–Trinajstić information content (AvgIpc) is 3.09. The van der Waals surface area contributed by atoms with Gasteiger partial charge in [0.25, 0.3) is 5.89 Å². The molecule has 0 unspecified atom stereocenters. The van der Waals surface area contributed by atoms with E-state index in [2.05, 4.69) is 20.5 Å². The minimum Gasteiger partial charge on any atom is -0.444 e. The van der Waals surface area contributed by atoms with Gasteiger partial charge in [-0.1, -0.05) is 18.2 Å². The first kappa shape index (κ1) is 15.1. The third-order valence-electron chi connectivity index (χ3n) is 3.01. The Bertz CT molecular complexity index is 796. The van der Waals surface area contributed by atoms with Gasteiger partial charge in [-0.05, 0) is 32.9 Å². The molecule has 120 valence electrons. The monoisotopic (exact) mass is 314 g/mol. The van der Waals surface area contributed by atoms with E-state index in [0.29, 0.717) is 11.8 Å². The van der Waals surface area contributed by atoms with Crippen molar-refractivity contribution in [2.45, 2.75) is 32.9 Å². The van der Waals surface area contributed by atoms with E-state index in [9.17, 15) is 4.79 Å². The lowest BCUT2D eigenvalue weighted by Crippen LogP contribution is -2.32. The molecule has 0 aliphatic heterocycles. The molecule has 0 spiro atoms. The molecule has 0 radical (unpaired) electrons. The molecule has 0 saturated carbocycles. The topological polar surface area (TPSA) is 93.0 Å². The lowest BCUT2D eigenvalue weighted by atomic mass is 10.2. The standard InChI is InChI=1S/C16H18N4O3/c1-16(2,3)23-15(21)17-9-13-19-20-14(22-13)12-8-10-6-4-5-7-11(10)18-12/h4-8,18H,9H2,1-3H3,(H,17,21). The molecular weight excluding hydrogens is 296 g/mol. The molecule has 7 heteroatoms. The van der Waals surface area contributed by atoms with Crippen LogP contribution in [-0.4, -0.2) is 26.9 Å². The van der Waals surface area contributed by atoms with Crippen molar-refractivity contribution in [1.29, 1.82) is 0 Å². The van der Waals surface area contributed by atoms with E-state index in [1.165, 1.54) is 0 Å². The predicted octanol–water partition coefficient (Wildman–Crippen LogP) is 3.24. The van der Waals surface area contributed by atoms with Crippen molar-refractivity contribution >= 4 is 17.0 Å². The molecule has 7 nitrogen and oxygen atoms in total. The Morgan fingerprint density at radius 3 is 2.83 bits per heavy atom. The minimum atomic E-state index is -0.547. The fraction of sp³-hybridized carbons (Fsp3) is 0.312. The summed E-state index contributed by atoms with van der Waals surface area (Å²) >= 11 is 0. The van der Waals surface area contributed by atoms with E-state index in [0.717, 1.165) is 16.6 Å². The second kappa shape index (κ2) is 5.75. The Morgan fingerprint density at radius 1 is 1.30 bits per heavy atom. The van der Waals surface area contributed by atoms with Crippen molar-refractivity contribution in [3.8, 4) is 11.6 Å². The number of para-hydroxylation sites is 1. The molecule has 0 saturated heterocycles. The summed E-state index contributed by atoms with van der Waals surface area (Å²) in [7, 11) is 0. The van der Waals surface area contributed by atoms with Gasteiger partial charge in [-0.25, -0.2) is 4.79 Å². The summed E-state index contributed by atoms with van der Waals surface area (Å²) in [6.07, 6.45) is -0.525. The van der Waals surface area contributed by atoms with Gasteiger partial charge < -0.3 is 19.5 Å². The summed E-state index contributed by atoms with van der Waals surface area (Å²) in [5.74, 6) is 0.687. The summed E-state index contributed by atoms with van der Waals surface area (Å²) in [5, 5.41) is 11.6. The van der Waals surface area contributed by atoms with Crippen LogP contribution in [0.15, 0.2) is 34.7 Å². The zero-order valence-corrected chi connectivity index (χ0v) is 13.2. The highest BCUT2D eigenvalue weighted by molar-refractivity contribution is 5.84. The number of aromatic amines is 1. The molecule has 2 heterocycles. The largest absolute Gasteiger partial charge is 0.444 e. The van der Waals surface area contributed by atoms with Gasteiger partial charge in [-0.3, -0.25) is 0 Å². The van der Waals surface area contributed by atoms with Crippen LogP contribution in [0.5, 0.6) is 0 Å². The van der Waals surface area contributed by atoms with Gasteiger partial charge in [-0.2, -0.15) is 0 Å². The van der Waals surface area contributed by atoms with Crippen LogP contribution < -0.4 is 5.32 Å². The molecule has 0 fully saturated rings. The zero-order chi connectivity index (χ0) is 16.4. The van der Waals surface area contributed by atoms with Crippen molar-refractivity contribution in [2.24, 2.45) is 0 Å². The molecule has 1 aromatic carbocycles. The van der Waals surface area contributed by atoms with Crippen molar-refractivity contribution < 1.29 is 13.9 Å². The molecular formula is C16H18N4O3. The summed E-state index contributed by atoms with van der Waals surface area (Å²) in [6, 6.07) is 9.82. The molecule has 2 N–H and O–H groups in total. The first-order valence-electron chi connectivity index (χ1n) is 7.28. The van der Waals surface area contributed by atoms with Gasteiger partial charge in [0.15, 0.2) is 0 Å². The Balaban J connectivity index is 1.67. The maximum absolute atomic E-state index is 11.6. The maximum Gasteiger partial charge on any atom is 0.408 e. The zero-order valence-electron chi connectivity index (χ0n) is 13.2. The fourth-order valence-electron chi connectivity index (χ4n) is 2.08. The number of carbonyl (C=O) groups is 1. The van der Waals surface area contributed by atoms with Crippen LogP contribution in [0.3, 0.4) is 0 Å². The number of H-pyrrole nitrogens is 1. The van der Waals surface area contributed by atoms with Crippen LogP contribution in [-0.2, 0) is 11.3 Å². The van der Waals surface area contributed by atoms with Gasteiger partial charge in [0.2, 0.25) is 5.89 Å². The average molecular weight is 314 g/mol. The number of aromatic nitrogens is 3. The number of hydrogen-bond donors (Lipinski definition) is 2. The highest BCUT2D eigenvalue weighted by Crippen LogP contribution is 2.22. The lowest BCUT2D eigenvalue weighted by molar-refractivity contribution is 0.0519. The third-order valence-corrected chi connectivity index (χ3v) is 3.01. The van der Waals surface area contributed by atoms with Gasteiger partial charge in [0, 0.05) is 10.9 Å². The van der Waals surface area contributed by atoms with Crippen LogP contribution in [0, 0.1) is 0 Å². The van der Waals surface area contributed by atoms with E-state index in [-0.39, 0.29) is 6.54 Å². The number of fused-ring (bicyclic) bond motifs is 1. The number of carbonyl (C=O) groups excluding carboxylic acids is 1.